The first-order valence-corrected chi connectivity index (χ1v) is 6.54. The summed E-state index contributed by atoms with van der Waals surface area (Å²) in [5.41, 5.74) is 1.54. The van der Waals surface area contributed by atoms with E-state index in [1.807, 2.05) is 17.5 Å². The number of nitrogens with zero attached hydrogens (tertiary/aromatic N) is 1. The average molecular weight is 283 g/mol. The van der Waals surface area contributed by atoms with Crippen LogP contribution < -0.4 is 5.32 Å². The number of halogens is 1. The summed E-state index contributed by atoms with van der Waals surface area (Å²) >= 11 is 7.39. The molecule has 2 aromatic rings. The summed E-state index contributed by atoms with van der Waals surface area (Å²) in [6.07, 6.45) is 0. The van der Waals surface area contributed by atoms with Crippen molar-refractivity contribution in [2.75, 3.05) is 5.32 Å². The Balaban J connectivity index is 2.14. The molecule has 0 radical (unpaired) electrons. The van der Waals surface area contributed by atoms with E-state index >= 15 is 0 Å². The summed E-state index contributed by atoms with van der Waals surface area (Å²) in [6.45, 7) is 2.35. The zero-order valence-corrected chi connectivity index (χ0v) is 11.2. The fourth-order valence-electron chi connectivity index (χ4n) is 1.64. The van der Waals surface area contributed by atoms with Crippen molar-refractivity contribution in [3.8, 4) is 0 Å². The first kappa shape index (κ1) is 12.9. The van der Waals surface area contributed by atoms with Gasteiger partial charge in [-0.25, -0.2) is 0 Å². The molecule has 2 rings (SSSR count). The van der Waals surface area contributed by atoms with Crippen LogP contribution in [-0.4, -0.2) is 4.92 Å². The second kappa shape index (κ2) is 5.37. The van der Waals surface area contributed by atoms with Gasteiger partial charge in [-0.3, -0.25) is 10.1 Å². The number of anilines is 1. The molecule has 18 heavy (non-hydrogen) atoms. The molecule has 0 saturated carbocycles. The van der Waals surface area contributed by atoms with Gasteiger partial charge in [-0.2, -0.15) is 0 Å². The maximum absolute atomic E-state index is 10.8. The van der Waals surface area contributed by atoms with Gasteiger partial charge in [0, 0.05) is 34.1 Å². The molecule has 0 atom stereocenters. The molecule has 0 spiro atoms. The highest BCUT2D eigenvalue weighted by Gasteiger charge is 2.12. The fourth-order valence-corrected chi connectivity index (χ4v) is 2.65. The third-order valence-electron chi connectivity index (χ3n) is 2.58. The molecule has 1 aromatic heterocycles. The average Bonchev–Trinajstić information content (AvgIpc) is 2.73. The van der Waals surface area contributed by atoms with Crippen LogP contribution in [0.2, 0.25) is 5.02 Å². The molecule has 0 unspecified atom stereocenters. The molecular formula is C12H11ClN2O2S. The van der Waals surface area contributed by atoms with Crippen LogP contribution >= 0.6 is 22.9 Å². The van der Waals surface area contributed by atoms with E-state index in [9.17, 15) is 10.1 Å². The summed E-state index contributed by atoms with van der Waals surface area (Å²) in [6, 6.07) is 6.89. The fraction of sp³-hybridized carbons (Fsp3) is 0.167. The van der Waals surface area contributed by atoms with Crippen molar-refractivity contribution in [2.45, 2.75) is 13.5 Å². The van der Waals surface area contributed by atoms with Crippen molar-refractivity contribution in [3.63, 3.8) is 0 Å². The first-order valence-electron chi connectivity index (χ1n) is 5.28. The Morgan fingerprint density at radius 3 is 2.89 bits per heavy atom. The van der Waals surface area contributed by atoms with Crippen molar-refractivity contribution in [3.05, 3.63) is 55.2 Å². The second-order valence-electron chi connectivity index (χ2n) is 3.79. The lowest BCUT2D eigenvalue weighted by Gasteiger charge is -2.08. The molecule has 0 aliphatic heterocycles. The zero-order valence-electron chi connectivity index (χ0n) is 9.64. The highest BCUT2D eigenvalue weighted by atomic mass is 35.5. The molecule has 0 bridgehead atoms. The number of thiophene rings is 1. The number of nitro benzene ring substituents is 1. The zero-order chi connectivity index (χ0) is 13.1. The van der Waals surface area contributed by atoms with Crippen molar-refractivity contribution in [1.82, 2.24) is 0 Å². The second-order valence-corrected chi connectivity index (χ2v) is 5.22. The Bertz CT molecular complexity index is 583. The molecule has 0 saturated heterocycles. The van der Waals surface area contributed by atoms with Gasteiger partial charge in [0.25, 0.3) is 5.69 Å². The molecular weight excluding hydrogens is 272 g/mol. The third kappa shape index (κ3) is 2.80. The molecule has 1 N–H and O–H groups in total. The molecule has 1 heterocycles. The van der Waals surface area contributed by atoms with E-state index in [4.69, 9.17) is 11.6 Å². The topological polar surface area (TPSA) is 55.2 Å². The Morgan fingerprint density at radius 1 is 1.50 bits per heavy atom. The van der Waals surface area contributed by atoms with E-state index in [1.54, 1.807) is 24.3 Å². The number of nitro groups is 1. The maximum Gasteiger partial charge on any atom is 0.274 e. The molecule has 6 heteroatoms. The quantitative estimate of drug-likeness (QED) is 0.674. The number of nitrogens with one attached hydrogen (secondary N) is 1. The molecule has 4 nitrogen and oxygen atoms in total. The first-order chi connectivity index (χ1) is 8.58. The van der Waals surface area contributed by atoms with Gasteiger partial charge in [-0.05, 0) is 19.1 Å². The number of benzene rings is 1. The Morgan fingerprint density at radius 2 is 2.28 bits per heavy atom. The highest BCUT2D eigenvalue weighted by molar-refractivity contribution is 7.10. The lowest BCUT2D eigenvalue weighted by molar-refractivity contribution is -0.385. The van der Waals surface area contributed by atoms with Gasteiger partial charge in [-0.15, -0.1) is 11.3 Å². The molecule has 94 valence electrons. The number of rotatable bonds is 4. The largest absolute Gasteiger partial charge is 0.380 e. The molecule has 1 aromatic carbocycles. The van der Waals surface area contributed by atoms with Crippen LogP contribution in [0.3, 0.4) is 0 Å². The van der Waals surface area contributed by atoms with Crippen LogP contribution in [0.25, 0.3) is 0 Å². The van der Waals surface area contributed by atoms with E-state index in [0.717, 1.165) is 10.6 Å². The minimum absolute atomic E-state index is 0.129. The maximum atomic E-state index is 10.8. The van der Waals surface area contributed by atoms with Crippen molar-refractivity contribution < 1.29 is 4.92 Å². The monoisotopic (exact) mass is 282 g/mol. The van der Waals surface area contributed by atoms with Crippen molar-refractivity contribution in [2.24, 2.45) is 0 Å². The molecule has 0 fully saturated rings. The van der Waals surface area contributed by atoms with Crippen LogP contribution in [0, 0.1) is 17.0 Å². The highest BCUT2D eigenvalue weighted by Crippen LogP contribution is 2.26. The van der Waals surface area contributed by atoms with Gasteiger partial charge >= 0.3 is 0 Å². The Kier molecular flexibility index (Phi) is 3.84. The summed E-state index contributed by atoms with van der Waals surface area (Å²) in [7, 11) is 0. The summed E-state index contributed by atoms with van der Waals surface area (Å²) in [5.74, 6) is 0. The summed E-state index contributed by atoms with van der Waals surface area (Å²) in [4.78, 5) is 11.5. The van der Waals surface area contributed by atoms with E-state index < -0.39 is 0 Å². The van der Waals surface area contributed by atoms with Crippen molar-refractivity contribution in [1.29, 1.82) is 0 Å². The third-order valence-corrected chi connectivity index (χ3v) is 3.86. The van der Waals surface area contributed by atoms with Gasteiger partial charge in [0.15, 0.2) is 0 Å². The van der Waals surface area contributed by atoms with E-state index in [0.29, 0.717) is 17.1 Å². The van der Waals surface area contributed by atoms with Gasteiger partial charge in [0.2, 0.25) is 0 Å². The van der Waals surface area contributed by atoms with Gasteiger partial charge in [0.05, 0.1) is 9.95 Å². The Hall–Kier alpha value is -1.59. The van der Waals surface area contributed by atoms with E-state index in [1.165, 1.54) is 6.07 Å². The minimum Gasteiger partial charge on any atom is -0.380 e. The van der Waals surface area contributed by atoms with Crippen LogP contribution in [-0.2, 0) is 6.54 Å². The minimum atomic E-state index is -0.372. The summed E-state index contributed by atoms with van der Waals surface area (Å²) in [5, 5.41) is 16.6. The standard InChI is InChI=1S/C12H11ClN2O2S/c1-8-11(3-2-4-12(8)15(16)17)14-6-10-5-9(13)7-18-10/h2-5,7,14H,6H2,1H3. The number of hydrogen-bond donors (Lipinski definition) is 1. The predicted octanol–water partition coefficient (Wildman–Crippen LogP) is 4.23. The predicted molar refractivity (Wildman–Crippen MR) is 74.5 cm³/mol. The summed E-state index contributed by atoms with van der Waals surface area (Å²) < 4.78 is 0. The number of hydrogen-bond acceptors (Lipinski definition) is 4. The van der Waals surface area contributed by atoms with Crippen LogP contribution in [0.1, 0.15) is 10.4 Å². The van der Waals surface area contributed by atoms with Gasteiger partial charge < -0.3 is 5.32 Å². The smallest absolute Gasteiger partial charge is 0.274 e. The Labute approximate surface area is 113 Å². The van der Waals surface area contributed by atoms with Crippen LogP contribution in [0.5, 0.6) is 0 Å². The lowest BCUT2D eigenvalue weighted by atomic mass is 10.1. The molecule has 0 aliphatic carbocycles. The van der Waals surface area contributed by atoms with Crippen LogP contribution in [0.15, 0.2) is 29.6 Å². The molecule has 0 amide bonds. The SMILES string of the molecule is Cc1c(NCc2cc(Cl)cs2)cccc1[N+](=O)[O-]. The van der Waals surface area contributed by atoms with Crippen LogP contribution in [0.4, 0.5) is 11.4 Å². The van der Waals surface area contributed by atoms with Gasteiger partial charge in [0.1, 0.15) is 0 Å². The van der Waals surface area contributed by atoms with Crippen molar-refractivity contribution >= 4 is 34.3 Å². The van der Waals surface area contributed by atoms with Gasteiger partial charge in [-0.1, -0.05) is 17.7 Å². The molecule has 0 aliphatic rings. The normalized spacial score (nSPS) is 10.3. The van der Waals surface area contributed by atoms with E-state index in [-0.39, 0.29) is 10.6 Å². The lowest BCUT2D eigenvalue weighted by Crippen LogP contribution is -2.01. The van der Waals surface area contributed by atoms with E-state index in [2.05, 4.69) is 5.32 Å².